The molecule has 0 aromatic heterocycles. The summed E-state index contributed by atoms with van der Waals surface area (Å²) < 4.78 is 0. The maximum absolute atomic E-state index is 12.6. The molecule has 2 aromatic rings. The minimum absolute atomic E-state index is 0.185. The van der Waals surface area contributed by atoms with E-state index in [-0.39, 0.29) is 19.0 Å². The highest BCUT2D eigenvalue weighted by atomic mass is 16.2. The molecule has 0 aliphatic heterocycles. The number of hydrogen-bond acceptors (Lipinski definition) is 3. The zero-order valence-corrected chi connectivity index (χ0v) is 14.1. The second kappa shape index (κ2) is 9.22. The molecule has 0 radical (unpaired) electrons. The van der Waals surface area contributed by atoms with E-state index in [1.807, 2.05) is 48.5 Å². The molecule has 6 heteroatoms. The third kappa shape index (κ3) is 5.76. The summed E-state index contributed by atoms with van der Waals surface area (Å²) in [6.07, 6.45) is 0. The van der Waals surface area contributed by atoms with Crippen LogP contribution in [0.1, 0.15) is 12.5 Å². The Hall–Kier alpha value is -3.15. The van der Waals surface area contributed by atoms with Gasteiger partial charge in [-0.05, 0) is 17.7 Å². The number of rotatable bonds is 6. The molecule has 2 aromatic carbocycles. The van der Waals surface area contributed by atoms with Crippen LogP contribution in [-0.4, -0.2) is 30.8 Å². The number of carbonyl (C=O) groups is 3. The molecule has 0 atom stereocenters. The molecule has 0 heterocycles. The largest absolute Gasteiger partial charge is 0.355 e. The molecular formula is C19H21N3O3. The number of para-hydroxylation sites is 1. The first-order valence-corrected chi connectivity index (χ1v) is 8.01. The van der Waals surface area contributed by atoms with Gasteiger partial charge in [-0.2, -0.15) is 0 Å². The highest BCUT2D eigenvalue weighted by Crippen LogP contribution is 2.17. The SMILES string of the molecule is CC(=O)NCCNC(=O)C(=O)N(Cc1ccccc1)c1ccccc1. The van der Waals surface area contributed by atoms with Crippen LogP contribution >= 0.6 is 0 Å². The van der Waals surface area contributed by atoms with E-state index in [0.717, 1.165) is 5.56 Å². The first-order chi connectivity index (χ1) is 12.1. The van der Waals surface area contributed by atoms with Crippen LogP contribution in [0.25, 0.3) is 0 Å². The summed E-state index contributed by atoms with van der Waals surface area (Å²) in [6, 6.07) is 18.5. The Morgan fingerprint density at radius 2 is 1.40 bits per heavy atom. The lowest BCUT2D eigenvalue weighted by Gasteiger charge is -2.22. The number of amides is 3. The van der Waals surface area contributed by atoms with Gasteiger partial charge in [0.25, 0.3) is 0 Å². The van der Waals surface area contributed by atoms with Crippen LogP contribution in [0.4, 0.5) is 5.69 Å². The zero-order valence-electron chi connectivity index (χ0n) is 14.1. The van der Waals surface area contributed by atoms with Gasteiger partial charge in [-0.15, -0.1) is 0 Å². The molecule has 0 saturated heterocycles. The number of nitrogens with one attached hydrogen (secondary N) is 2. The number of anilines is 1. The van der Waals surface area contributed by atoms with Gasteiger partial charge in [0.2, 0.25) is 5.91 Å². The Balaban J connectivity index is 2.07. The van der Waals surface area contributed by atoms with Crippen LogP contribution in [0.2, 0.25) is 0 Å². The molecule has 0 saturated carbocycles. The van der Waals surface area contributed by atoms with Crippen LogP contribution in [0.3, 0.4) is 0 Å². The van der Waals surface area contributed by atoms with Gasteiger partial charge in [0.1, 0.15) is 0 Å². The van der Waals surface area contributed by atoms with Crippen LogP contribution in [0.15, 0.2) is 60.7 Å². The fourth-order valence-corrected chi connectivity index (χ4v) is 2.27. The molecule has 0 fully saturated rings. The number of carbonyl (C=O) groups excluding carboxylic acids is 3. The predicted octanol–water partition coefficient (Wildman–Crippen LogP) is 1.47. The van der Waals surface area contributed by atoms with Crippen LogP contribution in [-0.2, 0) is 20.9 Å². The van der Waals surface area contributed by atoms with E-state index < -0.39 is 11.8 Å². The van der Waals surface area contributed by atoms with Gasteiger partial charge < -0.3 is 10.6 Å². The summed E-state index contributed by atoms with van der Waals surface area (Å²) in [7, 11) is 0. The first-order valence-electron chi connectivity index (χ1n) is 8.01. The summed E-state index contributed by atoms with van der Waals surface area (Å²) >= 11 is 0. The van der Waals surface area contributed by atoms with Crippen molar-refractivity contribution in [2.24, 2.45) is 0 Å². The summed E-state index contributed by atoms with van der Waals surface area (Å²) in [6.45, 7) is 2.16. The van der Waals surface area contributed by atoms with E-state index >= 15 is 0 Å². The smallest absolute Gasteiger partial charge is 0.316 e. The quantitative estimate of drug-likeness (QED) is 0.618. The van der Waals surface area contributed by atoms with E-state index in [1.165, 1.54) is 11.8 Å². The van der Waals surface area contributed by atoms with Gasteiger partial charge in [-0.1, -0.05) is 48.5 Å². The van der Waals surface area contributed by atoms with E-state index in [0.29, 0.717) is 12.2 Å². The third-order valence-electron chi connectivity index (χ3n) is 3.48. The molecule has 0 spiro atoms. The second-order valence-corrected chi connectivity index (χ2v) is 5.45. The maximum Gasteiger partial charge on any atom is 0.316 e. The van der Waals surface area contributed by atoms with Crippen molar-refractivity contribution in [3.63, 3.8) is 0 Å². The molecule has 2 rings (SSSR count). The molecular weight excluding hydrogens is 318 g/mol. The van der Waals surface area contributed by atoms with E-state index in [4.69, 9.17) is 0 Å². The summed E-state index contributed by atoms with van der Waals surface area (Å²) in [5.41, 5.74) is 1.57. The van der Waals surface area contributed by atoms with Crippen LogP contribution in [0, 0.1) is 0 Å². The molecule has 0 bridgehead atoms. The maximum atomic E-state index is 12.6. The number of benzene rings is 2. The zero-order chi connectivity index (χ0) is 18.1. The fraction of sp³-hybridized carbons (Fsp3) is 0.211. The van der Waals surface area contributed by atoms with Gasteiger partial charge in [0.05, 0.1) is 6.54 Å². The molecule has 2 N–H and O–H groups in total. The monoisotopic (exact) mass is 339 g/mol. The number of nitrogens with zero attached hydrogens (tertiary/aromatic N) is 1. The fourth-order valence-electron chi connectivity index (χ4n) is 2.27. The third-order valence-corrected chi connectivity index (χ3v) is 3.48. The van der Waals surface area contributed by atoms with Gasteiger partial charge in [-0.3, -0.25) is 19.3 Å². The Bertz CT molecular complexity index is 717. The van der Waals surface area contributed by atoms with Crippen molar-refractivity contribution in [2.45, 2.75) is 13.5 Å². The van der Waals surface area contributed by atoms with E-state index in [1.54, 1.807) is 12.1 Å². The number of hydrogen-bond donors (Lipinski definition) is 2. The van der Waals surface area contributed by atoms with Crippen LogP contribution in [0.5, 0.6) is 0 Å². The molecule has 0 aliphatic rings. The molecule has 3 amide bonds. The van der Waals surface area contributed by atoms with E-state index in [2.05, 4.69) is 10.6 Å². The molecule has 130 valence electrons. The topological polar surface area (TPSA) is 78.5 Å². The highest BCUT2D eigenvalue weighted by Gasteiger charge is 2.23. The van der Waals surface area contributed by atoms with Gasteiger partial charge in [0, 0.05) is 25.7 Å². The first kappa shape index (κ1) is 18.2. The van der Waals surface area contributed by atoms with Crippen molar-refractivity contribution in [1.82, 2.24) is 10.6 Å². The lowest BCUT2D eigenvalue weighted by molar-refractivity contribution is -0.137. The summed E-state index contributed by atoms with van der Waals surface area (Å²) in [5, 5.41) is 5.09. The summed E-state index contributed by atoms with van der Waals surface area (Å²) in [4.78, 5) is 37.0. The molecule has 6 nitrogen and oxygen atoms in total. The predicted molar refractivity (Wildman–Crippen MR) is 95.8 cm³/mol. The van der Waals surface area contributed by atoms with Gasteiger partial charge in [0.15, 0.2) is 0 Å². The molecule has 0 unspecified atom stereocenters. The average molecular weight is 339 g/mol. The van der Waals surface area contributed by atoms with Crippen molar-refractivity contribution in [3.8, 4) is 0 Å². The lowest BCUT2D eigenvalue weighted by atomic mass is 10.2. The Kier molecular flexibility index (Phi) is 6.71. The van der Waals surface area contributed by atoms with Gasteiger partial charge >= 0.3 is 11.8 Å². The van der Waals surface area contributed by atoms with Crippen molar-refractivity contribution in [2.75, 3.05) is 18.0 Å². The van der Waals surface area contributed by atoms with Crippen molar-refractivity contribution >= 4 is 23.4 Å². The second-order valence-electron chi connectivity index (χ2n) is 5.45. The Labute approximate surface area is 146 Å². The van der Waals surface area contributed by atoms with Gasteiger partial charge in [-0.25, -0.2) is 0 Å². The molecule has 0 aliphatic carbocycles. The van der Waals surface area contributed by atoms with Crippen molar-refractivity contribution in [3.05, 3.63) is 66.2 Å². The van der Waals surface area contributed by atoms with Crippen molar-refractivity contribution < 1.29 is 14.4 Å². The molecule has 25 heavy (non-hydrogen) atoms. The Morgan fingerprint density at radius 1 is 0.840 bits per heavy atom. The normalized spacial score (nSPS) is 9.96. The lowest BCUT2D eigenvalue weighted by Crippen LogP contribution is -2.44. The minimum atomic E-state index is -0.704. The average Bonchev–Trinajstić information content (AvgIpc) is 2.64. The van der Waals surface area contributed by atoms with E-state index in [9.17, 15) is 14.4 Å². The summed E-state index contributed by atoms with van der Waals surface area (Å²) in [5.74, 6) is -1.53. The minimum Gasteiger partial charge on any atom is -0.355 e. The van der Waals surface area contributed by atoms with Crippen LogP contribution < -0.4 is 15.5 Å². The highest BCUT2D eigenvalue weighted by molar-refractivity contribution is 6.40. The van der Waals surface area contributed by atoms with Crippen molar-refractivity contribution in [1.29, 1.82) is 0 Å². The standard InChI is InChI=1S/C19H21N3O3/c1-15(23)20-12-13-21-18(24)19(25)22(17-10-6-3-7-11-17)14-16-8-4-2-5-9-16/h2-11H,12-14H2,1H3,(H,20,23)(H,21,24). The Morgan fingerprint density at radius 3 is 2.00 bits per heavy atom.